The van der Waals surface area contributed by atoms with E-state index in [1.807, 2.05) is 31.2 Å². The molecule has 1 heterocycles. The average Bonchev–Trinajstić information content (AvgIpc) is 2.38. The summed E-state index contributed by atoms with van der Waals surface area (Å²) in [5, 5.41) is 6.73. The van der Waals surface area contributed by atoms with Crippen molar-refractivity contribution in [3.63, 3.8) is 0 Å². The van der Waals surface area contributed by atoms with E-state index in [2.05, 4.69) is 15.6 Å². The fourth-order valence-corrected chi connectivity index (χ4v) is 2.58. The van der Waals surface area contributed by atoms with Gasteiger partial charge in [-0.1, -0.05) is 41.4 Å². The standard InChI is InChI=1S/C15H15Cl2N3O/c1-9-7-13(16)20-15(17)14(9)18-8-11-5-3-4-6-12(11)19-10(2)21/h3-7,18H,8H2,1-2H3,(H,19,21). The molecule has 110 valence electrons. The molecule has 0 aliphatic heterocycles. The Kier molecular flexibility index (Phi) is 5.04. The second-order valence-electron chi connectivity index (χ2n) is 4.62. The van der Waals surface area contributed by atoms with Crippen molar-refractivity contribution in [3.05, 3.63) is 51.8 Å². The molecule has 0 radical (unpaired) electrons. The Balaban J connectivity index is 2.19. The third-order valence-electron chi connectivity index (χ3n) is 2.92. The Hall–Kier alpha value is -1.78. The Labute approximate surface area is 133 Å². The molecule has 4 nitrogen and oxygen atoms in total. The molecule has 2 rings (SSSR count). The lowest BCUT2D eigenvalue weighted by molar-refractivity contribution is -0.114. The van der Waals surface area contributed by atoms with E-state index >= 15 is 0 Å². The van der Waals surface area contributed by atoms with E-state index in [9.17, 15) is 4.79 Å². The van der Waals surface area contributed by atoms with Crippen LogP contribution in [0.4, 0.5) is 11.4 Å². The van der Waals surface area contributed by atoms with Crippen LogP contribution in [-0.2, 0) is 11.3 Å². The van der Waals surface area contributed by atoms with Gasteiger partial charge in [0.2, 0.25) is 5.91 Å². The van der Waals surface area contributed by atoms with Crippen molar-refractivity contribution in [2.75, 3.05) is 10.6 Å². The Bertz CT molecular complexity index is 651. The topological polar surface area (TPSA) is 54.0 Å². The number of halogens is 2. The number of hydrogen-bond acceptors (Lipinski definition) is 3. The molecule has 2 aromatic rings. The summed E-state index contributed by atoms with van der Waals surface area (Å²) in [5.74, 6) is -0.107. The Morgan fingerprint density at radius 2 is 2.00 bits per heavy atom. The summed E-state index contributed by atoms with van der Waals surface area (Å²) in [4.78, 5) is 15.2. The van der Waals surface area contributed by atoms with Gasteiger partial charge in [-0.15, -0.1) is 0 Å². The second kappa shape index (κ2) is 6.78. The van der Waals surface area contributed by atoms with Gasteiger partial charge in [0.25, 0.3) is 0 Å². The number of pyridine rings is 1. The van der Waals surface area contributed by atoms with Gasteiger partial charge in [0.15, 0.2) is 5.15 Å². The van der Waals surface area contributed by atoms with Gasteiger partial charge < -0.3 is 10.6 Å². The van der Waals surface area contributed by atoms with Crippen molar-refractivity contribution in [3.8, 4) is 0 Å². The van der Waals surface area contributed by atoms with Crippen LogP contribution in [0.3, 0.4) is 0 Å². The minimum absolute atomic E-state index is 0.107. The maximum absolute atomic E-state index is 11.2. The average molecular weight is 324 g/mol. The van der Waals surface area contributed by atoms with Gasteiger partial charge in [0, 0.05) is 19.2 Å². The van der Waals surface area contributed by atoms with Crippen molar-refractivity contribution < 1.29 is 4.79 Å². The minimum atomic E-state index is -0.107. The predicted molar refractivity (Wildman–Crippen MR) is 87.1 cm³/mol. The summed E-state index contributed by atoms with van der Waals surface area (Å²) in [7, 11) is 0. The largest absolute Gasteiger partial charge is 0.378 e. The molecule has 0 aliphatic rings. The number of aromatic nitrogens is 1. The zero-order valence-electron chi connectivity index (χ0n) is 11.7. The molecule has 0 saturated heterocycles. The molecule has 0 unspecified atom stereocenters. The van der Waals surface area contributed by atoms with Gasteiger partial charge in [0.1, 0.15) is 5.15 Å². The molecule has 0 bridgehead atoms. The van der Waals surface area contributed by atoms with Crippen LogP contribution in [-0.4, -0.2) is 10.9 Å². The van der Waals surface area contributed by atoms with Crippen LogP contribution in [0.15, 0.2) is 30.3 Å². The first-order chi connectivity index (χ1) is 9.97. The molecule has 2 N–H and O–H groups in total. The molecule has 0 spiro atoms. The van der Waals surface area contributed by atoms with Crippen molar-refractivity contribution in [2.45, 2.75) is 20.4 Å². The van der Waals surface area contributed by atoms with Crippen LogP contribution in [0.5, 0.6) is 0 Å². The summed E-state index contributed by atoms with van der Waals surface area (Å²) >= 11 is 11.9. The van der Waals surface area contributed by atoms with Gasteiger partial charge in [-0.3, -0.25) is 4.79 Å². The van der Waals surface area contributed by atoms with Crippen LogP contribution < -0.4 is 10.6 Å². The number of aryl methyl sites for hydroxylation is 1. The minimum Gasteiger partial charge on any atom is -0.378 e. The molecule has 6 heteroatoms. The van der Waals surface area contributed by atoms with Crippen molar-refractivity contribution >= 4 is 40.5 Å². The SMILES string of the molecule is CC(=O)Nc1ccccc1CNc1c(C)cc(Cl)nc1Cl. The maximum atomic E-state index is 11.2. The number of rotatable bonds is 4. The highest BCUT2D eigenvalue weighted by Gasteiger charge is 2.09. The molecule has 0 aliphatic carbocycles. The monoisotopic (exact) mass is 323 g/mol. The van der Waals surface area contributed by atoms with Crippen LogP contribution in [0.2, 0.25) is 10.3 Å². The molecular formula is C15H15Cl2N3O. The first-order valence-corrected chi connectivity index (χ1v) is 7.15. The van der Waals surface area contributed by atoms with Gasteiger partial charge in [0.05, 0.1) is 5.69 Å². The Morgan fingerprint density at radius 1 is 1.29 bits per heavy atom. The van der Waals surface area contributed by atoms with Gasteiger partial charge in [-0.05, 0) is 30.2 Å². The highest BCUT2D eigenvalue weighted by atomic mass is 35.5. The molecule has 1 amide bonds. The second-order valence-corrected chi connectivity index (χ2v) is 5.36. The highest BCUT2D eigenvalue weighted by molar-refractivity contribution is 6.34. The summed E-state index contributed by atoms with van der Waals surface area (Å²) in [6.07, 6.45) is 0. The summed E-state index contributed by atoms with van der Waals surface area (Å²) in [6.45, 7) is 3.90. The fourth-order valence-electron chi connectivity index (χ4n) is 1.98. The van der Waals surface area contributed by atoms with Crippen LogP contribution in [0, 0.1) is 6.92 Å². The lowest BCUT2D eigenvalue weighted by Crippen LogP contribution is -2.10. The van der Waals surface area contributed by atoms with Gasteiger partial charge >= 0.3 is 0 Å². The van der Waals surface area contributed by atoms with E-state index in [0.717, 1.165) is 22.5 Å². The van der Waals surface area contributed by atoms with Crippen molar-refractivity contribution in [1.82, 2.24) is 4.98 Å². The predicted octanol–water partition coefficient (Wildman–Crippen LogP) is 4.27. The molecular weight excluding hydrogens is 309 g/mol. The van der Waals surface area contributed by atoms with Crippen molar-refractivity contribution in [1.29, 1.82) is 0 Å². The molecule has 0 fully saturated rings. The molecule has 1 aromatic carbocycles. The number of anilines is 2. The molecule has 1 aromatic heterocycles. The zero-order valence-corrected chi connectivity index (χ0v) is 13.2. The molecule has 21 heavy (non-hydrogen) atoms. The first kappa shape index (κ1) is 15.6. The fraction of sp³-hybridized carbons (Fsp3) is 0.200. The van der Waals surface area contributed by atoms with E-state index in [1.165, 1.54) is 6.92 Å². The lowest BCUT2D eigenvalue weighted by Gasteiger charge is -2.14. The maximum Gasteiger partial charge on any atom is 0.221 e. The van der Waals surface area contributed by atoms with Crippen LogP contribution >= 0.6 is 23.2 Å². The van der Waals surface area contributed by atoms with E-state index in [0.29, 0.717) is 16.9 Å². The third-order valence-corrected chi connectivity index (χ3v) is 3.39. The lowest BCUT2D eigenvalue weighted by atomic mass is 10.1. The Morgan fingerprint density at radius 3 is 2.67 bits per heavy atom. The number of para-hydroxylation sites is 1. The van der Waals surface area contributed by atoms with Crippen molar-refractivity contribution in [2.24, 2.45) is 0 Å². The van der Waals surface area contributed by atoms with E-state index < -0.39 is 0 Å². The number of nitrogens with one attached hydrogen (secondary N) is 2. The summed E-state index contributed by atoms with van der Waals surface area (Å²) < 4.78 is 0. The highest BCUT2D eigenvalue weighted by Crippen LogP contribution is 2.27. The number of hydrogen-bond donors (Lipinski definition) is 2. The number of carbonyl (C=O) groups excluding carboxylic acids is 1. The number of amides is 1. The number of benzene rings is 1. The zero-order chi connectivity index (χ0) is 15.4. The summed E-state index contributed by atoms with van der Waals surface area (Å²) in [6, 6.07) is 9.32. The van der Waals surface area contributed by atoms with E-state index in [-0.39, 0.29) is 5.91 Å². The molecule has 0 saturated carbocycles. The van der Waals surface area contributed by atoms with Crippen LogP contribution in [0.25, 0.3) is 0 Å². The van der Waals surface area contributed by atoms with E-state index in [1.54, 1.807) is 6.07 Å². The van der Waals surface area contributed by atoms with Crippen LogP contribution in [0.1, 0.15) is 18.1 Å². The number of carbonyl (C=O) groups is 1. The normalized spacial score (nSPS) is 10.3. The molecule has 0 atom stereocenters. The van der Waals surface area contributed by atoms with Gasteiger partial charge in [-0.2, -0.15) is 0 Å². The van der Waals surface area contributed by atoms with Gasteiger partial charge in [-0.25, -0.2) is 4.98 Å². The first-order valence-electron chi connectivity index (χ1n) is 6.39. The quantitative estimate of drug-likeness (QED) is 0.826. The smallest absolute Gasteiger partial charge is 0.221 e. The number of nitrogens with zero attached hydrogens (tertiary/aromatic N) is 1. The van der Waals surface area contributed by atoms with E-state index in [4.69, 9.17) is 23.2 Å². The summed E-state index contributed by atoms with van der Waals surface area (Å²) in [5.41, 5.74) is 3.38. The third kappa shape index (κ3) is 4.09.